The van der Waals surface area contributed by atoms with Gasteiger partial charge in [0.15, 0.2) is 0 Å². The van der Waals surface area contributed by atoms with Crippen LogP contribution in [0.1, 0.15) is 62.9 Å². The predicted molar refractivity (Wildman–Crippen MR) is 79.3 cm³/mol. The van der Waals surface area contributed by atoms with Crippen LogP contribution in [0.5, 0.6) is 0 Å². The van der Waals surface area contributed by atoms with Crippen LogP contribution >= 0.6 is 0 Å². The Kier molecular flexibility index (Phi) is 3.95. The van der Waals surface area contributed by atoms with Gasteiger partial charge in [0.05, 0.1) is 0 Å². The summed E-state index contributed by atoms with van der Waals surface area (Å²) < 4.78 is 5.75. The third-order valence-electron chi connectivity index (χ3n) is 4.47. The first-order chi connectivity index (χ1) is 9.72. The van der Waals surface area contributed by atoms with Crippen LogP contribution in [0.25, 0.3) is 6.08 Å². The van der Waals surface area contributed by atoms with Gasteiger partial charge in [0, 0.05) is 18.0 Å². The predicted octanol–water partition coefficient (Wildman–Crippen LogP) is 3.87. The Bertz CT molecular complexity index is 497. The van der Waals surface area contributed by atoms with Gasteiger partial charge >= 0.3 is 0 Å². The summed E-state index contributed by atoms with van der Waals surface area (Å²) in [6.07, 6.45) is 10.6. The van der Waals surface area contributed by atoms with Gasteiger partial charge in [-0.05, 0) is 43.4 Å². The quantitative estimate of drug-likeness (QED) is 0.846. The molecule has 1 amide bonds. The van der Waals surface area contributed by atoms with Gasteiger partial charge in [-0.15, -0.1) is 0 Å². The van der Waals surface area contributed by atoms with Crippen molar-refractivity contribution in [2.45, 2.75) is 57.4 Å². The highest BCUT2D eigenvalue weighted by atomic mass is 16.3. The second-order valence-electron chi connectivity index (χ2n) is 6.24. The van der Waals surface area contributed by atoms with Gasteiger partial charge in [0.1, 0.15) is 11.5 Å². The molecule has 1 aromatic rings. The van der Waals surface area contributed by atoms with E-state index in [2.05, 4.69) is 12.2 Å². The molecule has 0 aliphatic heterocycles. The molecule has 1 aromatic heterocycles. The van der Waals surface area contributed by atoms with Gasteiger partial charge in [-0.25, -0.2) is 0 Å². The SMILES string of the molecule is CC1CC1c1ccc(C=CC(=O)NC2CCCCC2)o1. The minimum absolute atomic E-state index is 0.00496. The molecule has 3 heteroatoms. The normalized spacial score (nSPS) is 26.9. The number of hydrogen-bond acceptors (Lipinski definition) is 2. The molecule has 0 saturated heterocycles. The van der Waals surface area contributed by atoms with Crippen molar-refractivity contribution in [3.63, 3.8) is 0 Å². The first-order valence-corrected chi connectivity index (χ1v) is 7.80. The third-order valence-corrected chi connectivity index (χ3v) is 4.47. The summed E-state index contributed by atoms with van der Waals surface area (Å²) in [6.45, 7) is 2.24. The Balaban J connectivity index is 1.51. The van der Waals surface area contributed by atoms with Gasteiger partial charge in [-0.1, -0.05) is 26.2 Å². The van der Waals surface area contributed by atoms with Crippen LogP contribution in [0.15, 0.2) is 22.6 Å². The van der Waals surface area contributed by atoms with Crippen molar-refractivity contribution in [1.29, 1.82) is 0 Å². The Morgan fingerprint density at radius 3 is 2.75 bits per heavy atom. The van der Waals surface area contributed by atoms with Crippen LogP contribution in [0.2, 0.25) is 0 Å². The molecule has 0 bridgehead atoms. The third kappa shape index (κ3) is 3.33. The van der Waals surface area contributed by atoms with E-state index in [9.17, 15) is 4.79 Å². The minimum Gasteiger partial charge on any atom is -0.461 e. The number of carbonyl (C=O) groups excluding carboxylic acids is 1. The van der Waals surface area contributed by atoms with E-state index in [1.807, 2.05) is 12.1 Å². The number of furan rings is 1. The average molecular weight is 273 g/mol. The van der Waals surface area contributed by atoms with Gasteiger partial charge < -0.3 is 9.73 Å². The Morgan fingerprint density at radius 2 is 2.05 bits per heavy atom. The lowest BCUT2D eigenvalue weighted by Crippen LogP contribution is -2.34. The van der Waals surface area contributed by atoms with E-state index in [1.54, 1.807) is 12.2 Å². The fourth-order valence-electron chi connectivity index (χ4n) is 3.03. The largest absolute Gasteiger partial charge is 0.461 e. The average Bonchev–Trinajstić information content (AvgIpc) is 3.01. The summed E-state index contributed by atoms with van der Waals surface area (Å²) >= 11 is 0. The summed E-state index contributed by atoms with van der Waals surface area (Å²) in [5, 5.41) is 3.07. The van der Waals surface area contributed by atoms with Crippen molar-refractivity contribution in [2.24, 2.45) is 5.92 Å². The van der Waals surface area contributed by atoms with Crippen LogP contribution in [0, 0.1) is 5.92 Å². The highest BCUT2D eigenvalue weighted by Gasteiger charge is 2.36. The van der Waals surface area contributed by atoms with E-state index in [1.165, 1.54) is 25.7 Å². The molecular formula is C17H23NO2. The minimum atomic E-state index is -0.00496. The van der Waals surface area contributed by atoms with E-state index in [0.717, 1.165) is 30.3 Å². The maximum absolute atomic E-state index is 11.9. The van der Waals surface area contributed by atoms with Crippen molar-refractivity contribution < 1.29 is 9.21 Å². The van der Waals surface area contributed by atoms with E-state index < -0.39 is 0 Å². The lowest BCUT2D eigenvalue weighted by molar-refractivity contribution is -0.117. The summed E-state index contributed by atoms with van der Waals surface area (Å²) in [5.41, 5.74) is 0. The molecule has 20 heavy (non-hydrogen) atoms. The highest BCUT2D eigenvalue weighted by Crippen LogP contribution is 2.47. The molecule has 2 aliphatic carbocycles. The number of carbonyl (C=O) groups is 1. The number of rotatable bonds is 4. The lowest BCUT2D eigenvalue weighted by atomic mass is 9.95. The number of nitrogens with one attached hydrogen (secondary N) is 1. The summed E-state index contributed by atoms with van der Waals surface area (Å²) in [5.74, 6) is 3.16. The summed E-state index contributed by atoms with van der Waals surface area (Å²) in [7, 11) is 0. The van der Waals surface area contributed by atoms with Crippen LogP contribution in [-0.4, -0.2) is 11.9 Å². The Hall–Kier alpha value is -1.51. The summed E-state index contributed by atoms with van der Waals surface area (Å²) in [4.78, 5) is 11.9. The van der Waals surface area contributed by atoms with Crippen LogP contribution in [0.4, 0.5) is 0 Å². The van der Waals surface area contributed by atoms with Gasteiger partial charge in [-0.2, -0.15) is 0 Å². The van der Waals surface area contributed by atoms with Crippen molar-refractivity contribution in [3.05, 3.63) is 29.7 Å². The number of hydrogen-bond donors (Lipinski definition) is 1. The first-order valence-electron chi connectivity index (χ1n) is 7.80. The molecule has 0 spiro atoms. The second-order valence-corrected chi connectivity index (χ2v) is 6.24. The van der Waals surface area contributed by atoms with Crippen molar-refractivity contribution in [2.75, 3.05) is 0 Å². The topological polar surface area (TPSA) is 42.2 Å². The van der Waals surface area contributed by atoms with Gasteiger partial charge in [0.2, 0.25) is 5.91 Å². The Labute approximate surface area is 120 Å². The molecule has 2 fully saturated rings. The van der Waals surface area contributed by atoms with E-state index >= 15 is 0 Å². The molecule has 0 radical (unpaired) electrons. The highest BCUT2D eigenvalue weighted by molar-refractivity contribution is 5.91. The molecular weight excluding hydrogens is 250 g/mol. The molecule has 0 aromatic carbocycles. The van der Waals surface area contributed by atoms with E-state index in [0.29, 0.717) is 12.0 Å². The second kappa shape index (κ2) is 5.86. The standard InChI is InChI=1S/C17H23NO2/c1-12-11-15(12)16-9-7-14(20-16)8-10-17(19)18-13-5-3-2-4-6-13/h7-10,12-13,15H,2-6,11H2,1H3,(H,18,19). The molecule has 1 N–H and O–H groups in total. The molecule has 3 rings (SSSR count). The smallest absolute Gasteiger partial charge is 0.244 e. The van der Waals surface area contributed by atoms with Gasteiger partial charge in [0.25, 0.3) is 0 Å². The maximum atomic E-state index is 11.9. The van der Waals surface area contributed by atoms with Gasteiger partial charge in [-0.3, -0.25) is 4.79 Å². The van der Waals surface area contributed by atoms with Crippen LogP contribution < -0.4 is 5.32 Å². The van der Waals surface area contributed by atoms with Crippen molar-refractivity contribution in [1.82, 2.24) is 5.32 Å². The van der Waals surface area contributed by atoms with E-state index in [-0.39, 0.29) is 5.91 Å². The number of amides is 1. The molecule has 2 atom stereocenters. The zero-order valence-electron chi connectivity index (χ0n) is 12.1. The summed E-state index contributed by atoms with van der Waals surface area (Å²) in [6, 6.07) is 4.35. The molecule has 2 unspecified atom stereocenters. The zero-order chi connectivity index (χ0) is 13.9. The van der Waals surface area contributed by atoms with Crippen molar-refractivity contribution in [3.8, 4) is 0 Å². The van der Waals surface area contributed by atoms with Crippen LogP contribution in [0.3, 0.4) is 0 Å². The lowest BCUT2D eigenvalue weighted by Gasteiger charge is -2.21. The van der Waals surface area contributed by atoms with Crippen molar-refractivity contribution >= 4 is 12.0 Å². The first kappa shape index (κ1) is 13.5. The van der Waals surface area contributed by atoms with E-state index in [4.69, 9.17) is 4.42 Å². The monoisotopic (exact) mass is 273 g/mol. The molecule has 1 heterocycles. The maximum Gasteiger partial charge on any atom is 0.244 e. The fourth-order valence-corrected chi connectivity index (χ4v) is 3.03. The zero-order valence-corrected chi connectivity index (χ0v) is 12.1. The molecule has 108 valence electrons. The molecule has 3 nitrogen and oxygen atoms in total. The van der Waals surface area contributed by atoms with Crippen LogP contribution in [-0.2, 0) is 4.79 Å². The Morgan fingerprint density at radius 1 is 1.30 bits per heavy atom. The fraction of sp³-hybridized carbons (Fsp3) is 0.588. The molecule has 2 saturated carbocycles. The molecule has 2 aliphatic rings.